The predicted octanol–water partition coefficient (Wildman–Crippen LogP) is 4.75. The molecule has 1 heterocycles. The van der Waals surface area contributed by atoms with Crippen LogP contribution in [0.15, 0.2) is 30.3 Å². The van der Waals surface area contributed by atoms with Crippen molar-refractivity contribution in [3.05, 3.63) is 52.2 Å². The van der Waals surface area contributed by atoms with Crippen LogP contribution in [0.5, 0.6) is 5.75 Å². The molecule has 0 saturated heterocycles. The van der Waals surface area contributed by atoms with Crippen LogP contribution in [0.25, 0.3) is 0 Å². The Balaban J connectivity index is 2.10. The van der Waals surface area contributed by atoms with E-state index in [1.54, 1.807) is 0 Å². The van der Waals surface area contributed by atoms with Gasteiger partial charge in [-0.1, -0.05) is 30.7 Å². The average molecular weight is 305 g/mol. The first-order chi connectivity index (χ1) is 10.1. The number of anilines is 1. The van der Waals surface area contributed by atoms with E-state index >= 15 is 0 Å². The SMILES string of the molecule is CCCNc1ccc(Cl)c(COc2cc(C)ccc2C)n1. The minimum Gasteiger partial charge on any atom is -0.487 e. The lowest BCUT2D eigenvalue weighted by molar-refractivity contribution is 0.299. The molecule has 0 spiro atoms. The van der Waals surface area contributed by atoms with Crippen molar-refractivity contribution in [3.8, 4) is 5.75 Å². The predicted molar refractivity (Wildman–Crippen MR) is 88.3 cm³/mol. The number of hydrogen-bond acceptors (Lipinski definition) is 3. The third-order valence-corrected chi connectivity index (χ3v) is 3.53. The van der Waals surface area contributed by atoms with E-state index in [0.717, 1.165) is 35.8 Å². The number of nitrogens with zero attached hydrogens (tertiary/aromatic N) is 1. The van der Waals surface area contributed by atoms with Gasteiger partial charge in [0.05, 0.1) is 10.7 Å². The van der Waals surface area contributed by atoms with Crippen LogP contribution < -0.4 is 10.1 Å². The minimum atomic E-state index is 0.366. The standard InChI is InChI=1S/C17H21ClN2O/c1-4-9-19-17-8-7-14(18)15(20-17)11-21-16-10-12(2)5-6-13(16)3/h5-8,10H,4,9,11H2,1-3H3,(H,19,20). The van der Waals surface area contributed by atoms with Crippen LogP contribution in [0.4, 0.5) is 5.82 Å². The Labute approximate surface area is 131 Å². The van der Waals surface area contributed by atoms with Gasteiger partial charge in [-0.15, -0.1) is 0 Å². The molecule has 1 N–H and O–H groups in total. The van der Waals surface area contributed by atoms with Crippen LogP contribution in [0, 0.1) is 13.8 Å². The number of rotatable bonds is 6. The summed E-state index contributed by atoms with van der Waals surface area (Å²) < 4.78 is 5.87. The van der Waals surface area contributed by atoms with E-state index in [1.807, 2.05) is 32.0 Å². The number of ether oxygens (including phenoxy) is 1. The van der Waals surface area contributed by atoms with Crippen LogP contribution >= 0.6 is 11.6 Å². The first kappa shape index (κ1) is 15.6. The molecule has 0 saturated carbocycles. The molecule has 1 aromatic carbocycles. The lowest BCUT2D eigenvalue weighted by Crippen LogP contribution is -2.06. The number of hydrogen-bond donors (Lipinski definition) is 1. The summed E-state index contributed by atoms with van der Waals surface area (Å²) >= 11 is 6.20. The Morgan fingerprint density at radius 3 is 2.76 bits per heavy atom. The van der Waals surface area contributed by atoms with Gasteiger partial charge in [-0.25, -0.2) is 4.98 Å². The Kier molecular flexibility index (Phi) is 5.45. The Hall–Kier alpha value is -1.74. The molecule has 1 aromatic heterocycles. The molecule has 0 atom stereocenters. The van der Waals surface area contributed by atoms with E-state index in [1.165, 1.54) is 5.56 Å². The van der Waals surface area contributed by atoms with Crippen molar-refractivity contribution >= 4 is 17.4 Å². The second kappa shape index (κ2) is 7.32. The van der Waals surface area contributed by atoms with Crippen molar-refractivity contribution in [3.63, 3.8) is 0 Å². The smallest absolute Gasteiger partial charge is 0.132 e. The van der Waals surface area contributed by atoms with Crippen molar-refractivity contribution < 1.29 is 4.74 Å². The molecule has 112 valence electrons. The number of aromatic nitrogens is 1. The largest absolute Gasteiger partial charge is 0.487 e. The summed E-state index contributed by atoms with van der Waals surface area (Å²) in [5.41, 5.74) is 3.03. The van der Waals surface area contributed by atoms with Gasteiger partial charge in [0, 0.05) is 6.54 Å². The summed E-state index contributed by atoms with van der Waals surface area (Å²) in [6, 6.07) is 9.90. The molecule has 3 nitrogen and oxygen atoms in total. The van der Waals surface area contributed by atoms with E-state index < -0.39 is 0 Å². The third kappa shape index (κ3) is 4.36. The Bertz CT molecular complexity index is 614. The maximum atomic E-state index is 6.20. The summed E-state index contributed by atoms with van der Waals surface area (Å²) in [6.45, 7) is 7.46. The van der Waals surface area contributed by atoms with Gasteiger partial charge < -0.3 is 10.1 Å². The molecule has 0 radical (unpaired) electrons. The fourth-order valence-electron chi connectivity index (χ4n) is 1.95. The maximum Gasteiger partial charge on any atom is 0.132 e. The molecule has 0 amide bonds. The van der Waals surface area contributed by atoms with Crippen LogP contribution in [-0.2, 0) is 6.61 Å². The van der Waals surface area contributed by atoms with Crippen molar-refractivity contribution in [1.82, 2.24) is 4.98 Å². The monoisotopic (exact) mass is 304 g/mol. The molecular formula is C17H21ClN2O. The number of pyridine rings is 1. The zero-order valence-electron chi connectivity index (χ0n) is 12.7. The van der Waals surface area contributed by atoms with Crippen molar-refractivity contribution in [2.45, 2.75) is 33.8 Å². The second-order valence-electron chi connectivity index (χ2n) is 5.11. The van der Waals surface area contributed by atoms with Crippen LogP contribution in [0.2, 0.25) is 5.02 Å². The Morgan fingerprint density at radius 1 is 1.19 bits per heavy atom. The number of nitrogens with one attached hydrogen (secondary N) is 1. The summed E-state index contributed by atoms with van der Waals surface area (Å²) in [7, 11) is 0. The molecule has 0 aliphatic heterocycles. The highest BCUT2D eigenvalue weighted by Crippen LogP contribution is 2.23. The molecule has 2 rings (SSSR count). The molecule has 0 aliphatic rings. The first-order valence-corrected chi connectivity index (χ1v) is 7.57. The second-order valence-corrected chi connectivity index (χ2v) is 5.52. The fraction of sp³-hybridized carbons (Fsp3) is 0.353. The van der Waals surface area contributed by atoms with Gasteiger partial charge in [-0.05, 0) is 49.6 Å². The molecule has 0 fully saturated rings. The molecular weight excluding hydrogens is 284 g/mol. The fourth-order valence-corrected chi connectivity index (χ4v) is 2.11. The summed E-state index contributed by atoms with van der Waals surface area (Å²) in [5.74, 6) is 1.71. The maximum absolute atomic E-state index is 6.20. The van der Waals surface area contributed by atoms with Gasteiger partial charge in [0.2, 0.25) is 0 Å². The molecule has 21 heavy (non-hydrogen) atoms. The summed E-state index contributed by atoms with van der Waals surface area (Å²) in [6.07, 6.45) is 1.05. The van der Waals surface area contributed by atoms with Crippen LogP contribution in [0.1, 0.15) is 30.2 Å². The number of aryl methyl sites for hydroxylation is 2. The van der Waals surface area contributed by atoms with Crippen molar-refractivity contribution in [2.75, 3.05) is 11.9 Å². The van der Waals surface area contributed by atoms with Gasteiger partial charge in [0.1, 0.15) is 18.2 Å². The normalized spacial score (nSPS) is 10.5. The molecule has 0 aliphatic carbocycles. The van der Waals surface area contributed by atoms with Crippen molar-refractivity contribution in [2.24, 2.45) is 0 Å². The molecule has 4 heteroatoms. The minimum absolute atomic E-state index is 0.366. The first-order valence-electron chi connectivity index (χ1n) is 7.19. The van der Waals surface area contributed by atoms with Crippen LogP contribution in [0.3, 0.4) is 0 Å². The van der Waals surface area contributed by atoms with Gasteiger partial charge in [-0.3, -0.25) is 0 Å². The van der Waals surface area contributed by atoms with Gasteiger partial charge >= 0.3 is 0 Å². The molecule has 0 bridgehead atoms. The summed E-state index contributed by atoms with van der Waals surface area (Å²) in [5, 5.41) is 3.88. The quantitative estimate of drug-likeness (QED) is 0.836. The molecule has 0 unspecified atom stereocenters. The summed E-state index contributed by atoms with van der Waals surface area (Å²) in [4.78, 5) is 4.51. The van der Waals surface area contributed by atoms with Crippen LogP contribution in [-0.4, -0.2) is 11.5 Å². The third-order valence-electron chi connectivity index (χ3n) is 3.18. The highest BCUT2D eigenvalue weighted by atomic mass is 35.5. The topological polar surface area (TPSA) is 34.1 Å². The van der Waals surface area contributed by atoms with Gasteiger partial charge in [0.25, 0.3) is 0 Å². The lowest BCUT2D eigenvalue weighted by atomic mass is 10.1. The zero-order chi connectivity index (χ0) is 15.2. The van der Waals surface area contributed by atoms with Gasteiger partial charge in [0.15, 0.2) is 0 Å². The number of benzene rings is 1. The lowest BCUT2D eigenvalue weighted by Gasteiger charge is -2.12. The van der Waals surface area contributed by atoms with E-state index in [-0.39, 0.29) is 0 Å². The van der Waals surface area contributed by atoms with E-state index in [2.05, 4.69) is 29.4 Å². The molecule has 2 aromatic rings. The number of halogens is 1. The van der Waals surface area contributed by atoms with Crippen molar-refractivity contribution in [1.29, 1.82) is 0 Å². The van der Waals surface area contributed by atoms with E-state index in [0.29, 0.717) is 11.6 Å². The zero-order valence-corrected chi connectivity index (χ0v) is 13.5. The van der Waals surface area contributed by atoms with E-state index in [4.69, 9.17) is 16.3 Å². The Morgan fingerprint density at radius 2 is 2.00 bits per heavy atom. The van der Waals surface area contributed by atoms with Gasteiger partial charge in [-0.2, -0.15) is 0 Å². The van der Waals surface area contributed by atoms with E-state index in [9.17, 15) is 0 Å². The average Bonchev–Trinajstić information content (AvgIpc) is 2.48. The highest BCUT2D eigenvalue weighted by molar-refractivity contribution is 6.31. The highest BCUT2D eigenvalue weighted by Gasteiger charge is 2.07.